The number of likely N-dealkylation sites (tertiary alicyclic amines) is 1. The summed E-state index contributed by atoms with van der Waals surface area (Å²) in [4.78, 5) is 15.2. The summed E-state index contributed by atoms with van der Waals surface area (Å²) in [5.41, 5.74) is 0.262. The van der Waals surface area contributed by atoms with Gasteiger partial charge in [-0.25, -0.2) is 9.18 Å². The molecule has 1 N–H and O–H groups in total. The average Bonchev–Trinajstić information content (AvgIpc) is 2.84. The minimum atomic E-state index is -3.20. The number of nitrogens with one attached hydrogen (secondary N) is 1. The molecular weight excluding hydrogens is 393 g/mol. The second-order valence-electron chi connectivity index (χ2n) is 6.88. The smallest absolute Gasteiger partial charge is 0.318 e. The van der Waals surface area contributed by atoms with Crippen molar-refractivity contribution < 1.29 is 33.1 Å². The lowest BCUT2D eigenvalue weighted by molar-refractivity contribution is 0.127. The minimum absolute atomic E-state index is 0.123. The van der Waals surface area contributed by atoms with Crippen molar-refractivity contribution in [1.82, 2.24) is 15.1 Å². The van der Waals surface area contributed by atoms with Crippen molar-refractivity contribution in [2.75, 3.05) is 26.6 Å². The molecular formula is C25H34FN3O2. The zero-order valence-corrected chi connectivity index (χ0v) is 17.0. The summed E-state index contributed by atoms with van der Waals surface area (Å²) in [6.45, 7) is -16.9. The van der Waals surface area contributed by atoms with E-state index in [1.165, 1.54) is 31.3 Å². The quantitative estimate of drug-likeness (QED) is 0.648. The van der Waals surface area contributed by atoms with Gasteiger partial charge in [0.1, 0.15) is 11.6 Å². The molecule has 1 fully saturated rings. The van der Waals surface area contributed by atoms with E-state index in [2.05, 4.69) is 5.32 Å². The van der Waals surface area contributed by atoms with Crippen molar-refractivity contribution in [3.05, 3.63) is 65.5 Å². The van der Waals surface area contributed by atoms with Gasteiger partial charge in [0.25, 0.3) is 0 Å². The SMILES string of the molecule is [2H]C([2H])([2H])C(C([2H])([2H])[2H])C([2H])([2H])Oc1ccc(CNC(=O)N(C2CC([2H])([2H])N(C)C([2H])([2H])C2)C([2H])([2H])c2ccc(F)cc2)cc1. The Labute approximate surface area is 204 Å². The first-order valence-corrected chi connectivity index (χ1v) is 9.64. The van der Waals surface area contributed by atoms with E-state index < -0.39 is 76.4 Å². The highest BCUT2D eigenvalue weighted by atomic mass is 19.1. The van der Waals surface area contributed by atoms with Gasteiger partial charge in [0.05, 0.1) is 12.0 Å². The molecule has 0 bridgehead atoms. The largest absolute Gasteiger partial charge is 0.493 e. The molecule has 1 heterocycles. The van der Waals surface area contributed by atoms with E-state index in [9.17, 15) is 9.18 Å². The van der Waals surface area contributed by atoms with Gasteiger partial charge in [-0.3, -0.25) is 0 Å². The number of halogens is 1. The number of piperidine rings is 1. The van der Waals surface area contributed by atoms with E-state index in [4.69, 9.17) is 23.9 Å². The number of urea groups is 1. The van der Waals surface area contributed by atoms with Crippen LogP contribution >= 0.6 is 0 Å². The van der Waals surface area contributed by atoms with E-state index in [0.717, 1.165) is 29.2 Å². The molecule has 2 amide bonds. The van der Waals surface area contributed by atoms with Gasteiger partial charge < -0.3 is 19.9 Å². The number of ether oxygens (including phenoxy) is 1. The van der Waals surface area contributed by atoms with Crippen LogP contribution < -0.4 is 10.1 Å². The Bertz CT molecular complexity index is 1300. The average molecular weight is 442 g/mol. The summed E-state index contributed by atoms with van der Waals surface area (Å²) in [6, 6.07) is 7.18. The lowest BCUT2D eigenvalue weighted by atomic mass is 10.0. The van der Waals surface area contributed by atoms with Crippen LogP contribution in [0.4, 0.5) is 9.18 Å². The van der Waals surface area contributed by atoms with Crippen LogP contribution in [0.2, 0.25) is 0 Å². The molecule has 0 aromatic heterocycles. The van der Waals surface area contributed by atoms with E-state index in [1.54, 1.807) is 0 Å². The maximum absolute atomic E-state index is 13.6. The van der Waals surface area contributed by atoms with Gasteiger partial charge in [-0.2, -0.15) is 0 Å². The van der Waals surface area contributed by atoms with Gasteiger partial charge in [0, 0.05) is 32.8 Å². The van der Waals surface area contributed by atoms with Crippen LogP contribution in [-0.2, 0) is 13.0 Å². The number of amides is 2. The van der Waals surface area contributed by atoms with Gasteiger partial charge in [-0.15, -0.1) is 0 Å². The highest BCUT2D eigenvalue weighted by Crippen LogP contribution is 2.19. The highest BCUT2D eigenvalue weighted by Gasteiger charge is 2.27. The van der Waals surface area contributed by atoms with Crippen LogP contribution in [0.3, 0.4) is 0 Å². The number of carbonyl (C=O) groups excluding carboxylic acids is 1. The van der Waals surface area contributed by atoms with E-state index in [1.807, 2.05) is 0 Å². The number of benzene rings is 2. The number of carbonyl (C=O) groups is 1. The Morgan fingerprint density at radius 3 is 2.52 bits per heavy atom. The van der Waals surface area contributed by atoms with Gasteiger partial charge in [0.2, 0.25) is 0 Å². The Morgan fingerprint density at radius 1 is 1.23 bits per heavy atom. The monoisotopic (exact) mass is 441 g/mol. The molecule has 6 heteroatoms. The predicted octanol–water partition coefficient (Wildman–Crippen LogP) is 4.67. The number of hydrogen-bond donors (Lipinski definition) is 1. The first-order valence-electron chi connectivity index (χ1n) is 16.6. The summed E-state index contributed by atoms with van der Waals surface area (Å²) < 4.78 is 131. The zero-order valence-electron chi connectivity index (χ0n) is 31.0. The Morgan fingerprint density at radius 2 is 1.87 bits per heavy atom. The van der Waals surface area contributed by atoms with E-state index >= 15 is 0 Å². The summed E-state index contributed by atoms with van der Waals surface area (Å²) in [7, 11) is 1.25. The maximum Gasteiger partial charge on any atom is 0.318 e. The summed E-state index contributed by atoms with van der Waals surface area (Å²) in [5, 5.41) is 2.53. The molecule has 1 saturated heterocycles. The van der Waals surface area contributed by atoms with Crippen LogP contribution in [-0.4, -0.2) is 48.5 Å². The second kappa shape index (κ2) is 11.1. The van der Waals surface area contributed by atoms with E-state index in [-0.39, 0.29) is 17.9 Å². The van der Waals surface area contributed by atoms with Crippen molar-refractivity contribution in [2.24, 2.45) is 5.92 Å². The topological polar surface area (TPSA) is 44.8 Å². The van der Waals surface area contributed by atoms with Crippen molar-refractivity contribution in [2.45, 2.75) is 45.6 Å². The summed E-state index contributed by atoms with van der Waals surface area (Å²) in [5.74, 6) is -3.29. The van der Waals surface area contributed by atoms with Crippen molar-refractivity contribution in [3.63, 3.8) is 0 Å². The fourth-order valence-corrected chi connectivity index (χ4v) is 2.83. The Hall–Kier alpha value is -2.60. The lowest BCUT2D eigenvalue weighted by Gasteiger charge is -2.37. The van der Waals surface area contributed by atoms with E-state index in [0.29, 0.717) is 10.5 Å². The molecule has 0 radical (unpaired) electrons. The molecule has 5 nitrogen and oxygen atoms in total. The molecule has 1 aliphatic rings. The van der Waals surface area contributed by atoms with Gasteiger partial charge >= 0.3 is 6.03 Å². The lowest BCUT2D eigenvalue weighted by Crippen LogP contribution is -2.49. The molecule has 0 atom stereocenters. The van der Waals surface area contributed by atoms with Crippen LogP contribution in [0, 0.1) is 11.7 Å². The second-order valence-corrected chi connectivity index (χ2v) is 6.88. The molecule has 0 aliphatic carbocycles. The van der Waals surface area contributed by atoms with Crippen LogP contribution in [0.15, 0.2) is 48.5 Å². The van der Waals surface area contributed by atoms with Crippen molar-refractivity contribution in [1.29, 1.82) is 0 Å². The molecule has 3 rings (SSSR count). The van der Waals surface area contributed by atoms with Crippen molar-refractivity contribution in [3.8, 4) is 5.75 Å². The molecule has 31 heavy (non-hydrogen) atoms. The molecule has 168 valence electrons. The molecule has 0 spiro atoms. The predicted molar refractivity (Wildman–Crippen MR) is 121 cm³/mol. The molecule has 2 aromatic carbocycles. The molecule has 1 aliphatic heterocycles. The Balaban J connectivity index is 1.85. The van der Waals surface area contributed by atoms with Crippen molar-refractivity contribution >= 4 is 6.03 Å². The van der Waals surface area contributed by atoms with Crippen LogP contribution in [0.1, 0.15) is 56.9 Å². The maximum atomic E-state index is 13.6. The number of hydrogen-bond acceptors (Lipinski definition) is 3. The van der Waals surface area contributed by atoms with Crippen LogP contribution in [0.25, 0.3) is 0 Å². The third-order valence-electron chi connectivity index (χ3n) is 4.47. The van der Waals surface area contributed by atoms with Crippen LogP contribution in [0.5, 0.6) is 5.75 Å². The minimum Gasteiger partial charge on any atom is -0.493 e. The van der Waals surface area contributed by atoms with Gasteiger partial charge in [-0.1, -0.05) is 38.0 Å². The third-order valence-corrected chi connectivity index (χ3v) is 4.47. The molecule has 0 saturated carbocycles. The summed E-state index contributed by atoms with van der Waals surface area (Å²) >= 11 is 0. The zero-order chi connectivity index (χ0) is 34.4. The first kappa shape index (κ1) is 10.8. The standard InChI is InChI=1S/C25H34FN3O2/c1-19(2)18-31-24-10-6-20(7-11-24)16-27-25(30)29(23-12-14-28(3)15-13-23)17-21-4-8-22(26)9-5-21/h4-11,19,23H,12-18H2,1-3H3,(H,27,30)/i1D3,2D3,14D2,15D2,17D2,18D2. The first-order chi connectivity index (χ1) is 20.3. The highest BCUT2D eigenvalue weighted by molar-refractivity contribution is 5.74. The number of nitrogens with zero attached hydrogens (tertiary/aromatic N) is 2. The molecule has 0 unspecified atom stereocenters. The third kappa shape index (κ3) is 7.24. The fraction of sp³-hybridized carbons (Fsp3) is 0.480. The van der Waals surface area contributed by atoms with Gasteiger partial charge in [-0.05, 0) is 74.2 Å². The Kier molecular flexibility index (Phi) is 3.89. The normalized spacial score (nSPS) is 26.8. The summed E-state index contributed by atoms with van der Waals surface area (Å²) in [6.07, 6.45) is -0.864. The number of rotatable bonds is 8. The van der Waals surface area contributed by atoms with Gasteiger partial charge in [0.15, 0.2) is 0 Å². The molecule has 2 aromatic rings. The fourth-order valence-electron chi connectivity index (χ4n) is 2.83.